The third-order valence-electron chi connectivity index (χ3n) is 3.14. The van der Waals surface area contributed by atoms with Crippen molar-refractivity contribution in [2.45, 2.75) is 32.6 Å². The van der Waals surface area contributed by atoms with Gasteiger partial charge in [-0.1, -0.05) is 19.8 Å². The molecule has 0 atom stereocenters. The van der Waals surface area contributed by atoms with E-state index in [-0.39, 0.29) is 5.56 Å². The summed E-state index contributed by atoms with van der Waals surface area (Å²) in [5.74, 6) is 0.867. The molecular formula is C15H20O4. The van der Waals surface area contributed by atoms with Crippen LogP contribution in [-0.4, -0.2) is 24.3 Å². The zero-order chi connectivity index (χ0) is 13.7. The minimum absolute atomic E-state index is 0.194. The molecule has 1 aliphatic carbocycles. The SMILES string of the molecule is CCCOc1ccc(C(=O)O)c(OCCC2CC2)c1. The third-order valence-corrected chi connectivity index (χ3v) is 3.14. The van der Waals surface area contributed by atoms with Crippen molar-refractivity contribution in [1.82, 2.24) is 0 Å². The monoisotopic (exact) mass is 264 g/mol. The highest BCUT2D eigenvalue weighted by Gasteiger charge is 2.21. The standard InChI is InChI=1S/C15H20O4/c1-2-8-18-12-5-6-13(15(16)17)14(10-12)19-9-7-11-3-4-11/h5-6,10-11H,2-4,7-9H2,1H3,(H,16,17). The average molecular weight is 264 g/mol. The molecule has 1 aromatic rings. The number of ether oxygens (including phenoxy) is 2. The van der Waals surface area contributed by atoms with Gasteiger partial charge in [0.25, 0.3) is 0 Å². The molecule has 0 bridgehead atoms. The second-order valence-corrected chi connectivity index (χ2v) is 4.89. The number of carboxylic acids is 1. The highest BCUT2D eigenvalue weighted by molar-refractivity contribution is 5.91. The lowest BCUT2D eigenvalue weighted by molar-refractivity contribution is 0.0692. The highest BCUT2D eigenvalue weighted by Crippen LogP contribution is 2.33. The number of hydrogen-bond acceptors (Lipinski definition) is 3. The second-order valence-electron chi connectivity index (χ2n) is 4.89. The van der Waals surface area contributed by atoms with Gasteiger partial charge in [-0.05, 0) is 30.9 Å². The Kier molecular flexibility index (Phi) is 4.66. The van der Waals surface area contributed by atoms with Gasteiger partial charge in [-0.25, -0.2) is 4.79 Å². The van der Waals surface area contributed by atoms with E-state index in [0.29, 0.717) is 24.7 Å². The van der Waals surface area contributed by atoms with E-state index in [4.69, 9.17) is 14.6 Å². The average Bonchev–Trinajstić information content (AvgIpc) is 3.20. The number of hydrogen-bond donors (Lipinski definition) is 1. The Balaban J connectivity index is 2.02. The zero-order valence-electron chi connectivity index (χ0n) is 11.2. The minimum atomic E-state index is -0.969. The van der Waals surface area contributed by atoms with Crippen LogP contribution in [0.15, 0.2) is 18.2 Å². The van der Waals surface area contributed by atoms with Crippen LogP contribution in [0.2, 0.25) is 0 Å². The first-order valence-corrected chi connectivity index (χ1v) is 6.83. The van der Waals surface area contributed by atoms with Gasteiger partial charge >= 0.3 is 5.97 Å². The Morgan fingerprint density at radius 3 is 2.74 bits per heavy atom. The van der Waals surface area contributed by atoms with Gasteiger partial charge in [-0.2, -0.15) is 0 Å². The van der Waals surface area contributed by atoms with Crippen LogP contribution in [0.3, 0.4) is 0 Å². The number of carboxylic acid groups (broad SMARTS) is 1. The van der Waals surface area contributed by atoms with Crippen molar-refractivity contribution < 1.29 is 19.4 Å². The summed E-state index contributed by atoms with van der Waals surface area (Å²) in [4.78, 5) is 11.1. The predicted octanol–water partition coefficient (Wildman–Crippen LogP) is 3.35. The quantitative estimate of drug-likeness (QED) is 0.782. The maximum Gasteiger partial charge on any atom is 0.339 e. The van der Waals surface area contributed by atoms with Crippen molar-refractivity contribution in [3.63, 3.8) is 0 Å². The Morgan fingerprint density at radius 1 is 1.32 bits per heavy atom. The molecule has 0 amide bonds. The molecule has 0 radical (unpaired) electrons. The molecule has 19 heavy (non-hydrogen) atoms. The summed E-state index contributed by atoms with van der Waals surface area (Å²) < 4.78 is 11.1. The Labute approximate surface area is 113 Å². The van der Waals surface area contributed by atoms with E-state index in [1.54, 1.807) is 18.2 Å². The largest absolute Gasteiger partial charge is 0.493 e. The fourth-order valence-electron chi connectivity index (χ4n) is 1.85. The van der Waals surface area contributed by atoms with Crippen LogP contribution in [0.25, 0.3) is 0 Å². The van der Waals surface area contributed by atoms with E-state index in [1.165, 1.54) is 12.8 Å². The van der Waals surface area contributed by atoms with Crippen molar-refractivity contribution >= 4 is 5.97 Å². The second kappa shape index (κ2) is 6.45. The fourth-order valence-corrected chi connectivity index (χ4v) is 1.85. The smallest absolute Gasteiger partial charge is 0.339 e. The fraction of sp³-hybridized carbons (Fsp3) is 0.533. The van der Waals surface area contributed by atoms with Crippen molar-refractivity contribution in [3.05, 3.63) is 23.8 Å². The molecule has 104 valence electrons. The summed E-state index contributed by atoms with van der Waals surface area (Å²) in [5.41, 5.74) is 0.194. The van der Waals surface area contributed by atoms with Gasteiger partial charge in [0.15, 0.2) is 0 Å². The number of aromatic carboxylic acids is 1. The number of rotatable bonds is 8. The molecule has 1 saturated carbocycles. The van der Waals surface area contributed by atoms with E-state index >= 15 is 0 Å². The van der Waals surface area contributed by atoms with E-state index in [2.05, 4.69) is 0 Å². The van der Waals surface area contributed by atoms with Crippen LogP contribution < -0.4 is 9.47 Å². The molecule has 4 nitrogen and oxygen atoms in total. The lowest BCUT2D eigenvalue weighted by atomic mass is 10.2. The van der Waals surface area contributed by atoms with Crippen molar-refractivity contribution in [2.75, 3.05) is 13.2 Å². The van der Waals surface area contributed by atoms with Gasteiger partial charge in [0.2, 0.25) is 0 Å². The molecule has 0 saturated heterocycles. The van der Waals surface area contributed by atoms with Gasteiger partial charge in [0, 0.05) is 6.07 Å². The molecule has 0 aromatic heterocycles. The van der Waals surface area contributed by atoms with Crippen LogP contribution in [0, 0.1) is 5.92 Å². The van der Waals surface area contributed by atoms with Gasteiger partial charge in [-0.15, -0.1) is 0 Å². The van der Waals surface area contributed by atoms with E-state index in [9.17, 15) is 4.79 Å². The summed E-state index contributed by atoms with van der Waals surface area (Å²) in [6, 6.07) is 4.89. The van der Waals surface area contributed by atoms with Gasteiger partial charge in [-0.3, -0.25) is 0 Å². The molecule has 1 aromatic carbocycles. The van der Waals surface area contributed by atoms with Crippen LogP contribution in [0.5, 0.6) is 11.5 Å². The molecular weight excluding hydrogens is 244 g/mol. The first-order valence-electron chi connectivity index (χ1n) is 6.83. The van der Waals surface area contributed by atoms with E-state index in [1.807, 2.05) is 6.92 Å². The lowest BCUT2D eigenvalue weighted by Gasteiger charge is -2.11. The molecule has 0 heterocycles. The maximum atomic E-state index is 11.1. The molecule has 2 rings (SSSR count). The van der Waals surface area contributed by atoms with E-state index in [0.717, 1.165) is 18.8 Å². The Morgan fingerprint density at radius 2 is 2.11 bits per heavy atom. The number of carbonyl (C=O) groups is 1. The van der Waals surface area contributed by atoms with Crippen LogP contribution >= 0.6 is 0 Å². The summed E-state index contributed by atoms with van der Waals surface area (Å²) >= 11 is 0. The summed E-state index contributed by atoms with van der Waals surface area (Å²) in [6.45, 7) is 3.22. The molecule has 0 unspecified atom stereocenters. The zero-order valence-corrected chi connectivity index (χ0v) is 11.2. The summed E-state index contributed by atoms with van der Waals surface area (Å²) in [7, 11) is 0. The van der Waals surface area contributed by atoms with Crippen LogP contribution in [0.4, 0.5) is 0 Å². The third kappa shape index (κ3) is 4.16. The predicted molar refractivity (Wildman–Crippen MR) is 72.0 cm³/mol. The summed E-state index contributed by atoms with van der Waals surface area (Å²) in [5, 5.41) is 9.13. The maximum absolute atomic E-state index is 11.1. The van der Waals surface area contributed by atoms with Crippen molar-refractivity contribution in [2.24, 2.45) is 5.92 Å². The number of benzene rings is 1. The normalized spacial score (nSPS) is 14.2. The minimum Gasteiger partial charge on any atom is -0.493 e. The van der Waals surface area contributed by atoms with Gasteiger partial charge < -0.3 is 14.6 Å². The van der Waals surface area contributed by atoms with Gasteiger partial charge in [0.1, 0.15) is 17.1 Å². The highest BCUT2D eigenvalue weighted by atomic mass is 16.5. The molecule has 1 N–H and O–H groups in total. The van der Waals surface area contributed by atoms with Gasteiger partial charge in [0.05, 0.1) is 13.2 Å². The molecule has 0 spiro atoms. The first-order chi connectivity index (χ1) is 9.20. The molecule has 4 heteroatoms. The molecule has 0 aliphatic heterocycles. The van der Waals surface area contributed by atoms with Crippen molar-refractivity contribution in [1.29, 1.82) is 0 Å². The molecule has 1 fully saturated rings. The lowest BCUT2D eigenvalue weighted by Crippen LogP contribution is -2.06. The Hall–Kier alpha value is -1.71. The van der Waals surface area contributed by atoms with E-state index < -0.39 is 5.97 Å². The van der Waals surface area contributed by atoms with Crippen LogP contribution in [0.1, 0.15) is 43.0 Å². The first kappa shape index (κ1) is 13.7. The Bertz CT molecular complexity index is 438. The topological polar surface area (TPSA) is 55.8 Å². The van der Waals surface area contributed by atoms with Crippen molar-refractivity contribution in [3.8, 4) is 11.5 Å². The molecule has 1 aliphatic rings. The summed E-state index contributed by atoms with van der Waals surface area (Å²) in [6.07, 6.45) is 4.46. The van der Waals surface area contributed by atoms with Crippen LogP contribution in [-0.2, 0) is 0 Å².